The van der Waals surface area contributed by atoms with Gasteiger partial charge >= 0.3 is 0 Å². The summed E-state index contributed by atoms with van der Waals surface area (Å²) in [6, 6.07) is 9.89. The highest BCUT2D eigenvalue weighted by atomic mass is 16.5. The number of hydrogen-bond donors (Lipinski definition) is 2. The minimum Gasteiger partial charge on any atom is -0.497 e. The number of piperidine rings is 1. The molecule has 3 aromatic rings. The lowest BCUT2D eigenvalue weighted by Gasteiger charge is -2.23. The van der Waals surface area contributed by atoms with E-state index in [1.165, 1.54) is 12.8 Å². The smallest absolute Gasteiger partial charge is 0.154 e. The number of pyridine rings is 1. The first-order chi connectivity index (χ1) is 12.8. The molecule has 1 unspecified atom stereocenters. The average molecular weight is 349 g/mol. The minimum absolute atomic E-state index is 0.613. The van der Waals surface area contributed by atoms with Gasteiger partial charge in [-0.2, -0.15) is 0 Å². The number of ether oxygens (including phenoxy) is 1. The number of nitrogens with one attached hydrogen (secondary N) is 2. The van der Waals surface area contributed by atoms with Gasteiger partial charge in [-0.1, -0.05) is 0 Å². The van der Waals surface area contributed by atoms with Crippen molar-refractivity contribution in [1.82, 2.24) is 20.3 Å². The van der Waals surface area contributed by atoms with Gasteiger partial charge in [0.15, 0.2) is 5.82 Å². The van der Waals surface area contributed by atoms with Crippen LogP contribution in [0.5, 0.6) is 5.75 Å². The van der Waals surface area contributed by atoms with Crippen LogP contribution < -0.4 is 15.4 Å². The molecule has 0 radical (unpaired) electrons. The average Bonchev–Trinajstić information content (AvgIpc) is 2.72. The molecule has 1 saturated heterocycles. The fourth-order valence-corrected chi connectivity index (χ4v) is 3.34. The van der Waals surface area contributed by atoms with Crippen molar-refractivity contribution in [3.63, 3.8) is 0 Å². The molecule has 0 amide bonds. The van der Waals surface area contributed by atoms with E-state index in [0.717, 1.165) is 53.5 Å². The summed E-state index contributed by atoms with van der Waals surface area (Å²) >= 11 is 0. The Morgan fingerprint density at radius 2 is 2.04 bits per heavy atom. The maximum atomic E-state index is 5.24. The molecule has 1 aliphatic rings. The van der Waals surface area contributed by atoms with E-state index in [4.69, 9.17) is 9.72 Å². The third-order valence-electron chi connectivity index (χ3n) is 4.80. The fourth-order valence-electron chi connectivity index (χ4n) is 3.34. The molecule has 6 heteroatoms. The number of benzene rings is 1. The lowest BCUT2D eigenvalue weighted by molar-refractivity contribution is 0.392. The van der Waals surface area contributed by atoms with Gasteiger partial charge < -0.3 is 15.4 Å². The zero-order chi connectivity index (χ0) is 17.8. The topological polar surface area (TPSA) is 72.0 Å². The normalized spacial score (nSPS) is 17.2. The van der Waals surface area contributed by atoms with Crippen molar-refractivity contribution in [2.24, 2.45) is 5.92 Å². The van der Waals surface area contributed by atoms with Crippen molar-refractivity contribution in [1.29, 1.82) is 0 Å². The van der Waals surface area contributed by atoms with Crippen LogP contribution in [0.4, 0.5) is 5.82 Å². The number of fused-ring (bicyclic) bond motifs is 1. The summed E-state index contributed by atoms with van der Waals surface area (Å²) in [6.45, 7) is 3.06. The fraction of sp³-hybridized carbons (Fsp3) is 0.350. The standard InChI is InChI=1S/C20H23N5O/c1-26-16-6-4-15(5-7-16)17-11-18-19(23-10-9-22-18)20(25-17)24-13-14-3-2-8-21-12-14/h4-7,9-11,14,21H,2-3,8,12-13H2,1H3,(H,24,25). The first-order valence-electron chi connectivity index (χ1n) is 9.04. The van der Waals surface area contributed by atoms with Crippen LogP contribution in [0.2, 0.25) is 0 Å². The first kappa shape index (κ1) is 16.7. The van der Waals surface area contributed by atoms with Crippen LogP contribution in [-0.2, 0) is 0 Å². The van der Waals surface area contributed by atoms with E-state index in [-0.39, 0.29) is 0 Å². The van der Waals surface area contributed by atoms with Crippen LogP contribution in [0.3, 0.4) is 0 Å². The summed E-state index contributed by atoms with van der Waals surface area (Å²) in [4.78, 5) is 13.8. The molecule has 4 rings (SSSR count). The molecule has 1 atom stereocenters. The van der Waals surface area contributed by atoms with Gasteiger partial charge in [0.2, 0.25) is 0 Å². The molecule has 6 nitrogen and oxygen atoms in total. The predicted octanol–water partition coefficient (Wildman–Crippen LogP) is 3.11. The lowest BCUT2D eigenvalue weighted by Crippen LogP contribution is -2.33. The van der Waals surface area contributed by atoms with E-state index in [9.17, 15) is 0 Å². The Labute approximate surface area is 153 Å². The van der Waals surface area contributed by atoms with Crippen LogP contribution in [0.25, 0.3) is 22.3 Å². The number of hydrogen-bond acceptors (Lipinski definition) is 6. The second kappa shape index (κ2) is 7.66. The maximum Gasteiger partial charge on any atom is 0.154 e. The summed E-state index contributed by atoms with van der Waals surface area (Å²) < 4.78 is 5.24. The Bertz CT molecular complexity index is 875. The Hall–Kier alpha value is -2.73. The molecule has 1 aromatic carbocycles. The van der Waals surface area contributed by atoms with Crippen LogP contribution in [0.15, 0.2) is 42.7 Å². The number of anilines is 1. The molecule has 0 bridgehead atoms. The van der Waals surface area contributed by atoms with Crippen molar-refractivity contribution in [3.05, 3.63) is 42.7 Å². The molecule has 0 spiro atoms. The number of rotatable bonds is 5. The zero-order valence-corrected chi connectivity index (χ0v) is 14.9. The van der Waals surface area contributed by atoms with Gasteiger partial charge in [0.25, 0.3) is 0 Å². The van der Waals surface area contributed by atoms with Gasteiger partial charge in [0.1, 0.15) is 11.3 Å². The minimum atomic E-state index is 0.613. The van der Waals surface area contributed by atoms with Crippen LogP contribution >= 0.6 is 0 Å². The molecule has 0 saturated carbocycles. The largest absolute Gasteiger partial charge is 0.497 e. The quantitative estimate of drug-likeness (QED) is 0.737. The van der Waals surface area contributed by atoms with Crippen molar-refractivity contribution >= 4 is 16.9 Å². The van der Waals surface area contributed by atoms with Crippen molar-refractivity contribution < 1.29 is 4.74 Å². The highest BCUT2D eigenvalue weighted by molar-refractivity contribution is 5.88. The monoisotopic (exact) mass is 349 g/mol. The molecular weight excluding hydrogens is 326 g/mol. The van der Waals surface area contributed by atoms with Crippen LogP contribution in [0.1, 0.15) is 12.8 Å². The lowest BCUT2D eigenvalue weighted by atomic mass is 10.00. The molecule has 0 aliphatic carbocycles. The number of methoxy groups -OCH3 is 1. The summed E-state index contributed by atoms with van der Waals surface area (Å²) in [6.07, 6.45) is 5.90. The second-order valence-corrected chi connectivity index (χ2v) is 6.60. The highest BCUT2D eigenvalue weighted by Gasteiger charge is 2.15. The first-order valence-corrected chi connectivity index (χ1v) is 9.04. The SMILES string of the molecule is COc1ccc(-c2cc3nccnc3c(NCC3CCCNC3)n2)cc1. The van der Waals surface area contributed by atoms with E-state index in [2.05, 4.69) is 20.6 Å². The van der Waals surface area contributed by atoms with Gasteiger partial charge in [0, 0.05) is 24.5 Å². The van der Waals surface area contributed by atoms with Gasteiger partial charge in [-0.05, 0) is 62.2 Å². The molecule has 1 aliphatic heterocycles. The maximum absolute atomic E-state index is 5.24. The van der Waals surface area contributed by atoms with Gasteiger partial charge in [-0.25, -0.2) is 9.97 Å². The molecule has 2 N–H and O–H groups in total. The van der Waals surface area contributed by atoms with Crippen molar-refractivity contribution in [2.75, 3.05) is 32.1 Å². The zero-order valence-electron chi connectivity index (χ0n) is 14.9. The van der Waals surface area contributed by atoms with Gasteiger partial charge in [-0.3, -0.25) is 4.98 Å². The van der Waals surface area contributed by atoms with E-state index in [1.807, 2.05) is 30.3 Å². The van der Waals surface area contributed by atoms with Gasteiger partial charge in [0.05, 0.1) is 18.3 Å². The molecule has 1 fully saturated rings. The molecular formula is C20H23N5O. The summed E-state index contributed by atoms with van der Waals surface area (Å²) in [5.41, 5.74) is 3.57. The number of nitrogens with zero attached hydrogens (tertiary/aromatic N) is 3. The summed E-state index contributed by atoms with van der Waals surface area (Å²) in [7, 11) is 1.67. The summed E-state index contributed by atoms with van der Waals surface area (Å²) in [5, 5.41) is 6.97. The van der Waals surface area contributed by atoms with Crippen molar-refractivity contribution in [3.8, 4) is 17.0 Å². The van der Waals surface area contributed by atoms with E-state index >= 15 is 0 Å². The molecule has 134 valence electrons. The van der Waals surface area contributed by atoms with E-state index < -0.39 is 0 Å². The van der Waals surface area contributed by atoms with E-state index in [0.29, 0.717) is 5.92 Å². The third-order valence-corrected chi connectivity index (χ3v) is 4.80. The third kappa shape index (κ3) is 3.60. The molecule has 2 aromatic heterocycles. The summed E-state index contributed by atoms with van der Waals surface area (Å²) in [5.74, 6) is 2.24. The Morgan fingerprint density at radius 3 is 2.81 bits per heavy atom. The molecule has 26 heavy (non-hydrogen) atoms. The number of aromatic nitrogens is 3. The highest BCUT2D eigenvalue weighted by Crippen LogP contribution is 2.27. The van der Waals surface area contributed by atoms with Gasteiger partial charge in [-0.15, -0.1) is 0 Å². The molecule has 3 heterocycles. The Morgan fingerprint density at radius 1 is 1.19 bits per heavy atom. The predicted molar refractivity (Wildman–Crippen MR) is 103 cm³/mol. The van der Waals surface area contributed by atoms with E-state index in [1.54, 1.807) is 19.5 Å². The van der Waals surface area contributed by atoms with Crippen LogP contribution in [-0.4, -0.2) is 41.7 Å². The van der Waals surface area contributed by atoms with Crippen LogP contribution in [0, 0.1) is 5.92 Å². The Kier molecular flexibility index (Phi) is 4.93. The Balaban J connectivity index is 1.65. The second-order valence-electron chi connectivity index (χ2n) is 6.60. The van der Waals surface area contributed by atoms with Crippen molar-refractivity contribution in [2.45, 2.75) is 12.8 Å².